The number of aromatic nitrogens is 2. The first kappa shape index (κ1) is 24.1. The number of rotatable bonds is 8. The van der Waals surface area contributed by atoms with E-state index in [1.54, 1.807) is 18.2 Å². The molecule has 1 aliphatic rings. The number of nitrogens with zero attached hydrogens (tertiary/aromatic N) is 2. The van der Waals surface area contributed by atoms with Gasteiger partial charge in [0.2, 0.25) is 5.95 Å². The highest BCUT2D eigenvalue weighted by molar-refractivity contribution is 6.16. The van der Waals surface area contributed by atoms with Crippen molar-refractivity contribution in [2.45, 2.75) is 25.8 Å². The minimum absolute atomic E-state index is 0.0322. The maximum atomic E-state index is 13.5. The van der Waals surface area contributed by atoms with E-state index in [9.17, 15) is 14.7 Å². The SMILES string of the molecule is COc1ccc(C2C(C(=O)CCc3ccccc3)=C(O)C(=O)N2c2nc3ccc(C)cc3[nH]2)cc1OC. The molecule has 0 bridgehead atoms. The highest BCUT2D eigenvalue weighted by Crippen LogP contribution is 2.43. The largest absolute Gasteiger partial charge is 0.503 e. The summed E-state index contributed by atoms with van der Waals surface area (Å²) >= 11 is 0. The number of carbonyl (C=O) groups is 2. The molecule has 1 atom stereocenters. The van der Waals surface area contributed by atoms with E-state index in [2.05, 4.69) is 9.97 Å². The normalized spacial score (nSPS) is 15.5. The Bertz CT molecular complexity index is 1520. The van der Waals surface area contributed by atoms with Gasteiger partial charge < -0.3 is 19.6 Å². The zero-order valence-corrected chi connectivity index (χ0v) is 20.8. The molecule has 0 spiro atoms. The number of aromatic amines is 1. The van der Waals surface area contributed by atoms with Crippen molar-refractivity contribution < 1.29 is 24.2 Å². The maximum Gasteiger partial charge on any atom is 0.296 e. The lowest BCUT2D eigenvalue weighted by Gasteiger charge is -2.25. The number of aliphatic hydroxyl groups excluding tert-OH is 1. The third-order valence-corrected chi connectivity index (χ3v) is 6.57. The molecule has 0 fully saturated rings. The number of imidazole rings is 1. The van der Waals surface area contributed by atoms with Crippen LogP contribution >= 0.6 is 0 Å². The minimum Gasteiger partial charge on any atom is -0.503 e. The smallest absolute Gasteiger partial charge is 0.296 e. The first-order valence-electron chi connectivity index (χ1n) is 11.9. The van der Waals surface area contributed by atoms with Crippen LogP contribution in [0.2, 0.25) is 0 Å². The second-order valence-electron chi connectivity index (χ2n) is 8.94. The van der Waals surface area contributed by atoms with Gasteiger partial charge in [-0.05, 0) is 54.3 Å². The molecule has 0 aliphatic carbocycles. The van der Waals surface area contributed by atoms with Crippen molar-refractivity contribution >= 4 is 28.7 Å². The fraction of sp³-hybridized carbons (Fsp3) is 0.207. The summed E-state index contributed by atoms with van der Waals surface area (Å²) in [5.74, 6) is -0.401. The van der Waals surface area contributed by atoms with Crippen LogP contribution in [0.15, 0.2) is 78.1 Å². The van der Waals surface area contributed by atoms with Crippen molar-refractivity contribution in [1.29, 1.82) is 0 Å². The number of aryl methyl sites for hydroxylation is 2. The number of aliphatic hydroxyl groups is 1. The number of carbonyl (C=O) groups excluding carboxylic acids is 2. The number of hydrogen-bond acceptors (Lipinski definition) is 6. The van der Waals surface area contributed by atoms with Crippen LogP contribution in [0.4, 0.5) is 5.95 Å². The lowest BCUT2D eigenvalue weighted by molar-refractivity contribution is -0.118. The Kier molecular flexibility index (Phi) is 6.40. The number of nitrogens with one attached hydrogen (secondary N) is 1. The Labute approximate surface area is 214 Å². The van der Waals surface area contributed by atoms with E-state index in [0.717, 1.165) is 16.6 Å². The van der Waals surface area contributed by atoms with Crippen molar-refractivity contribution in [3.8, 4) is 11.5 Å². The number of ketones is 1. The Morgan fingerprint density at radius 3 is 2.51 bits per heavy atom. The molecule has 2 N–H and O–H groups in total. The van der Waals surface area contributed by atoms with Gasteiger partial charge in [-0.3, -0.25) is 14.5 Å². The number of ether oxygens (including phenoxy) is 2. The van der Waals surface area contributed by atoms with Crippen molar-refractivity contribution in [3.63, 3.8) is 0 Å². The standard InChI is InChI=1S/C29H27N3O5/c1-17-9-12-20-21(15-17)31-29(30-20)32-26(19-11-14-23(36-2)24(16-19)37-3)25(27(34)28(32)35)22(33)13-10-18-7-5-4-6-8-18/h4-9,11-12,14-16,26,34H,10,13H2,1-3H3,(H,30,31). The molecule has 4 aromatic rings. The first-order chi connectivity index (χ1) is 17.9. The van der Waals surface area contributed by atoms with E-state index in [1.807, 2.05) is 55.5 Å². The van der Waals surface area contributed by atoms with Crippen LogP contribution in [0.5, 0.6) is 11.5 Å². The van der Waals surface area contributed by atoms with Crippen LogP contribution < -0.4 is 14.4 Å². The van der Waals surface area contributed by atoms with E-state index in [4.69, 9.17) is 9.47 Å². The second-order valence-corrected chi connectivity index (χ2v) is 8.94. The highest BCUT2D eigenvalue weighted by Gasteiger charge is 2.45. The summed E-state index contributed by atoms with van der Waals surface area (Å²) in [6.45, 7) is 1.96. The lowest BCUT2D eigenvalue weighted by atomic mass is 9.93. The number of anilines is 1. The summed E-state index contributed by atoms with van der Waals surface area (Å²) in [7, 11) is 3.05. The van der Waals surface area contributed by atoms with Gasteiger partial charge in [0.25, 0.3) is 5.91 Å². The second kappa shape index (κ2) is 9.81. The van der Waals surface area contributed by atoms with E-state index < -0.39 is 17.7 Å². The van der Waals surface area contributed by atoms with Gasteiger partial charge in [-0.2, -0.15) is 0 Å². The topological polar surface area (TPSA) is 105 Å². The molecule has 2 heterocycles. The van der Waals surface area contributed by atoms with Gasteiger partial charge in [-0.15, -0.1) is 0 Å². The summed E-state index contributed by atoms with van der Waals surface area (Å²) in [4.78, 5) is 36.1. The number of fused-ring (bicyclic) bond motifs is 1. The van der Waals surface area contributed by atoms with Crippen molar-refractivity contribution in [2.24, 2.45) is 0 Å². The summed E-state index contributed by atoms with van der Waals surface area (Å²) in [5, 5.41) is 11.0. The number of Topliss-reactive ketones (excluding diaryl/α,β-unsaturated/α-hetero) is 1. The quantitative estimate of drug-likeness (QED) is 0.355. The molecule has 0 saturated heterocycles. The third-order valence-electron chi connectivity index (χ3n) is 6.57. The molecule has 5 rings (SSSR count). The minimum atomic E-state index is -0.905. The van der Waals surface area contributed by atoms with Gasteiger partial charge in [0.1, 0.15) is 0 Å². The molecule has 0 saturated carbocycles. The number of amides is 1. The maximum absolute atomic E-state index is 13.5. The molecule has 1 aliphatic heterocycles. The molecule has 37 heavy (non-hydrogen) atoms. The van der Waals surface area contributed by atoms with Gasteiger partial charge in [-0.25, -0.2) is 4.98 Å². The average Bonchev–Trinajstić information content (AvgIpc) is 3.44. The Morgan fingerprint density at radius 1 is 1.03 bits per heavy atom. The van der Waals surface area contributed by atoms with Gasteiger partial charge in [0, 0.05) is 6.42 Å². The van der Waals surface area contributed by atoms with Crippen LogP contribution in [0, 0.1) is 6.92 Å². The van der Waals surface area contributed by atoms with Crippen LogP contribution in [-0.4, -0.2) is 41.0 Å². The monoisotopic (exact) mass is 497 g/mol. The fourth-order valence-corrected chi connectivity index (χ4v) is 4.71. The first-order valence-corrected chi connectivity index (χ1v) is 11.9. The zero-order valence-electron chi connectivity index (χ0n) is 20.8. The van der Waals surface area contributed by atoms with Crippen molar-refractivity contribution in [1.82, 2.24) is 9.97 Å². The highest BCUT2D eigenvalue weighted by atomic mass is 16.5. The molecule has 3 aromatic carbocycles. The molecule has 1 amide bonds. The van der Waals surface area contributed by atoms with Gasteiger partial charge >= 0.3 is 0 Å². The van der Waals surface area contributed by atoms with Crippen LogP contribution in [0.3, 0.4) is 0 Å². The molecule has 188 valence electrons. The lowest BCUT2D eigenvalue weighted by Crippen LogP contribution is -2.32. The number of benzene rings is 3. The summed E-state index contributed by atoms with van der Waals surface area (Å²) in [6, 6.07) is 19.6. The van der Waals surface area contributed by atoms with Crippen LogP contribution in [-0.2, 0) is 16.0 Å². The predicted octanol–water partition coefficient (Wildman–Crippen LogP) is 4.99. The molecule has 8 heteroatoms. The van der Waals surface area contributed by atoms with Gasteiger partial charge in [-0.1, -0.05) is 42.5 Å². The fourth-order valence-electron chi connectivity index (χ4n) is 4.71. The molecule has 0 radical (unpaired) electrons. The van der Waals surface area contributed by atoms with Gasteiger partial charge in [0.15, 0.2) is 23.0 Å². The Morgan fingerprint density at radius 2 is 1.78 bits per heavy atom. The third kappa shape index (κ3) is 4.42. The van der Waals surface area contributed by atoms with E-state index in [1.165, 1.54) is 19.1 Å². The van der Waals surface area contributed by atoms with Crippen molar-refractivity contribution in [2.75, 3.05) is 19.1 Å². The summed E-state index contributed by atoms with van der Waals surface area (Å²) < 4.78 is 10.8. The predicted molar refractivity (Wildman–Crippen MR) is 140 cm³/mol. The van der Waals surface area contributed by atoms with Crippen molar-refractivity contribution in [3.05, 3.63) is 94.8 Å². The zero-order chi connectivity index (χ0) is 26.1. The molecular weight excluding hydrogens is 470 g/mol. The van der Waals surface area contributed by atoms with E-state index in [-0.39, 0.29) is 23.7 Å². The molecule has 1 aromatic heterocycles. The number of methoxy groups -OCH3 is 2. The summed E-state index contributed by atoms with van der Waals surface area (Å²) in [6.07, 6.45) is 0.612. The molecular formula is C29H27N3O5. The summed E-state index contributed by atoms with van der Waals surface area (Å²) in [5.41, 5.74) is 4.05. The Balaban J connectivity index is 1.59. The molecule has 8 nitrogen and oxygen atoms in total. The van der Waals surface area contributed by atoms with E-state index >= 15 is 0 Å². The average molecular weight is 498 g/mol. The number of hydrogen-bond donors (Lipinski definition) is 2. The van der Waals surface area contributed by atoms with Crippen LogP contribution in [0.25, 0.3) is 11.0 Å². The number of H-pyrrole nitrogens is 1. The Hall–Kier alpha value is -4.59. The van der Waals surface area contributed by atoms with Crippen LogP contribution in [0.1, 0.15) is 29.2 Å². The molecule has 1 unspecified atom stereocenters. The van der Waals surface area contributed by atoms with E-state index in [0.29, 0.717) is 29.0 Å². The van der Waals surface area contributed by atoms with Gasteiger partial charge in [0.05, 0.1) is 36.9 Å².